The fraction of sp³-hybridized carbons (Fsp3) is 0.240. The van der Waals surface area contributed by atoms with Crippen molar-refractivity contribution in [2.75, 3.05) is 11.9 Å². The fourth-order valence-electron chi connectivity index (χ4n) is 3.60. The SMILES string of the molecule is Cc1nc(NCCCCC=C(c2ccccc2)c2ccccc2)c2ncn(C)c2n1. The summed E-state index contributed by atoms with van der Waals surface area (Å²) in [6, 6.07) is 21.2. The van der Waals surface area contributed by atoms with Crippen LogP contribution < -0.4 is 5.32 Å². The summed E-state index contributed by atoms with van der Waals surface area (Å²) in [7, 11) is 1.95. The quantitative estimate of drug-likeness (QED) is 0.405. The number of nitrogens with zero attached hydrogens (tertiary/aromatic N) is 4. The molecule has 0 atom stereocenters. The van der Waals surface area contributed by atoms with Crippen molar-refractivity contribution in [1.29, 1.82) is 0 Å². The van der Waals surface area contributed by atoms with Crippen LogP contribution in [0.1, 0.15) is 36.2 Å². The van der Waals surface area contributed by atoms with Gasteiger partial charge in [-0.1, -0.05) is 66.7 Å². The van der Waals surface area contributed by atoms with Crippen LogP contribution in [-0.4, -0.2) is 26.1 Å². The molecule has 4 aromatic rings. The van der Waals surface area contributed by atoms with E-state index >= 15 is 0 Å². The van der Waals surface area contributed by atoms with Gasteiger partial charge in [0, 0.05) is 13.6 Å². The second-order valence-electron chi connectivity index (χ2n) is 7.42. The number of anilines is 1. The third-order valence-electron chi connectivity index (χ3n) is 5.11. The lowest BCUT2D eigenvalue weighted by Gasteiger charge is -2.09. The Balaban J connectivity index is 1.37. The summed E-state index contributed by atoms with van der Waals surface area (Å²) in [6.07, 6.45) is 7.33. The van der Waals surface area contributed by atoms with Crippen molar-refractivity contribution in [2.24, 2.45) is 7.05 Å². The van der Waals surface area contributed by atoms with Gasteiger partial charge in [0.1, 0.15) is 11.3 Å². The van der Waals surface area contributed by atoms with E-state index in [1.165, 1.54) is 16.7 Å². The zero-order chi connectivity index (χ0) is 20.8. The van der Waals surface area contributed by atoms with E-state index in [9.17, 15) is 0 Å². The first-order valence-corrected chi connectivity index (χ1v) is 10.4. The van der Waals surface area contributed by atoms with Crippen LogP contribution in [0.3, 0.4) is 0 Å². The van der Waals surface area contributed by atoms with Crippen molar-refractivity contribution in [1.82, 2.24) is 19.5 Å². The van der Waals surface area contributed by atoms with Gasteiger partial charge in [-0.2, -0.15) is 0 Å². The van der Waals surface area contributed by atoms with Gasteiger partial charge in [-0.15, -0.1) is 0 Å². The molecule has 5 heteroatoms. The molecule has 2 aromatic carbocycles. The van der Waals surface area contributed by atoms with E-state index in [-0.39, 0.29) is 0 Å². The van der Waals surface area contributed by atoms with Crippen LogP contribution in [0, 0.1) is 6.92 Å². The van der Waals surface area contributed by atoms with Crippen molar-refractivity contribution >= 4 is 22.6 Å². The Bertz CT molecular complexity index is 1090. The molecule has 0 radical (unpaired) electrons. The number of nitrogens with one attached hydrogen (secondary N) is 1. The molecular formula is C25H27N5. The van der Waals surface area contributed by atoms with Gasteiger partial charge < -0.3 is 9.88 Å². The average Bonchev–Trinajstić information content (AvgIpc) is 3.15. The molecule has 0 aliphatic heterocycles. The Morgan fingerprint density at radius 2 is 1.60 bits per heavy atom. The molecule has 2 aromatic heterocycles. The summed E-state index contributed by atoms with van der Waals surface area (Å²) in [5.41, 5.74) is 5.51. The molecule has 0 unspecified atom stereocenters. The number of aryl methyl sites for hydroxylation is 2. The molecule has 0 bridgehead atoms. The predicted octanol–water partition coefficient (Wildman–Crippen LogP) is 5.39. The third-order valence-corrected chi connectivity index (χ3v) is 5.11. The van der Waals surface area contributed by atoms with Gasteiger partial charge in [-0.05, 0) is 42.9 Å². The van der Waals surface area contributed by atoms with Crippen molar-refractivity contribution in [3.05, 3.63) is 90.0 Å². The first kappa shape index (κ1) is 19.8. The molecule has 0 spiro atoms. The summed E-state index contributed by atoms with van der Waals surface area (Å²) in [5.74, 6) is 1.58. The molecule has 0 aliphatic carbocycles. The Labute approximate surface area is 177 Å². The second-order valence-corrected chi connectivity index (χ2v) is 7.42. The number of benzene rings is 2. The summed E-state index contributed by atoms with van der Waals surface area (Å²) >= 11 is 0. The van der Waals surface area contributed by atoms with Crippen LogP contribution in [0.15, 0.2) is 73.1 Å². The van der Waals surface area contributed by atoms with E-state index in [1.54, 1.807) is 6.33 Å². The van der Waals surface area contributed by atoms with E-state index in [4.69, 9.17) is 0 Å². The Morgan fingerprint density at radius 3 is 2.27 bits per heavy atom. The zero-order valence-electron chi connectivity index (χ0n) is 17.5. The van der Waals surface area contributed by atoms with Gasteiger partial charge in [0.2, 0.25) is 0 Å². The van der Waals surface area contributed by atoms with Gasteiger partial charge in [-0.3, -0.25) is 0 Å². The maximum Gasteiger partial charge on any atom is 0.165 e. The maximum atomic E-state index is 4.53. The van der Waals surface area contributed by atoms with E-state index in [0.29, 0.717) is 0 Å². The Hall–Kier alpha value is -3.47. The van der Waals surface area contributed by atoms with Crippen LogP contribution in [0.2, 0.25) is 0 Å². The second kappa shape index (κ2) is 9.35. The van der Waals surface area contributed by atoms with E-state index in [2.05, 4.69) is 87.0 Å². The maximum absolute atomic E-state index is 4.53. The minimum atomic E-state index is 0.756. The highest BCUT2D eigenvalue weighted by Gasteiger charge is 2.09. The van der Waals surface area contributed by atoms with Crippen LogP contribution in [0.4, 0.5) is 5.82 Å². The van der Waals surface area contributed by atoms with E-state index in [1.807, 2.05) is 18.5 Å². The summed E-state index contributed by atoms with van der Waals surface area (Å²) in [4.78, 5) is 13.4. The van der Waals surface area contributed by atoms with Gasteiger partial charge in [0.15, 0.2) is 11.5 Å². The first-order valence-electron chi connectivity index (χ1n) is 10.4. The van der Waals surface area contributed by atoms with E-state index in [0.717, 1.165) is 48.6 Å². The standard InChI is InChI=1S/C25H27N5/c1-19-28-24(23-25(29-19)30(2)18-27-23)26-17-11-5-10-16-22(20-12-6-3-7-13-20)21-14-8-4-9-15-21/h3-4,6-9,12-16,18H,5,10-11,17H2,1-2H3,(H,26,28,29). The number of allylic oxidation sites excluding steroid dienone is 1. The van der Waals surface area contributed by atoms with Gasteiger partial charge in [-0.25, -0.2) is 15.0 Å². The van der Waals surface area contributed by atoms with E-state index < -0.39 is 0 Å². The lowest BCUT2D eigenvalue weighted by Crippen LogP contribution is -2.06. The number of aromatic nitrogens is 4. The monoisotopic (exact) mass is 397 g/mol. The smallest absolute Gasteiger partial charge is 0.165 e. The highest BCUT2D eigenvalue weighted by molar-refractivity contribution is 5.83. The van der Waals surface area contributed by atoms with Crippen molar-refractivity contribution in [2.45, 2.75) is 26.2 Å². The molecule has 0 aliphatic rings. The fourth-order valence-corrected chi connectivity index (χ4v) is 3.60. The number of hydrogen-bond donors (Lipinski definition) is 1. The third kappa shape index (κ3) is 4.57. The Kier molecular flexibility index (Phi) is 6.18. The molecule has 1 N–H and O–H groups in total. The Morgan fingerprint density at radius 1 is 0.933 bits per heavy atom. The van der Waals surface area contributed by atoms with Crippen LogP contribution >= 0.6 is 0 Å². The van der Waals surface area contributed by atoms with Crippen LogP contribution in [-0.2, 0) is 7.05 Å². The van der Waals surface area contributed by atoms with Crippen molar-refractivity contribution < 1.29 is 0 Å². The van der Waals surface area contributed by atoms with Crippen molar-refractivity contribution in [3.63, 3.8) is 0 Å². The first-order chi connectivity index (χ1) is 14.7. The lowest BCUT2D eigenvalue weighted by molar-refractivity contribution is 0.777. The largest absolute Gasteiger partial charge is 0.368 e. The average molecular weight is 398 g/mol. The minimum absolute atomic E-state index is 0.756. The summed E-state index contributed by atoms with van der Waals surface area (Å²) < 4.78 is 1.93. The van der Waals surface area contributed by atoms with Crippen LogP contribution in [0.25, 0.3) is 16.7 Å². The summed E-state index contributed by atoms with van der Waals surface area (Å²) in [5, 5.41) is 3.45. The summed E-state index contributed by atoms with van der Waals surface area (Å²) in [6.45, 7) is 2.78. The number of hydrogen-bond acceptors (Lipinski definition) is 4. The molecule has 152 valence electrons. The van der Waals surface area contributed by atoms with Crippen molar-refractivity contribution in [3.8, 4) is 0 Å². The predicted molar refractivity (Wildman–Crippen MR) is 123 cm³/mol. The molecule has 0 amide bonds. The van der Waals surface area contributed by atoms with Gasteiger partial charge in [0.25, 0.3) is 0 Å². The molecule has 5 nitrogen and oxygen atoms in total. The van der Waals surface area contributed by atoms with Crippen LogP contribution in [0.5, 0.6) is 0 Å². The minimum Gasteiger partial charge on any atom is -0.368 e. The molecule has 0 saturated carbocycles. The highest BCUT2D eigenvalue weighted by atomic mass is 15.1. The zero-order valence-corrected chi connectivity index (χ0v) is 17.5. The molecular weight excluding hydrogens is 370 g/mol. The van der Waals surface area contributed by atoms with Gasteiger partial charge >= 0.3 is 0 Å². The van der Waals surface area contributed by atoms with Gasteiger partial charge in [0.05, 0.1) is 6.33 Å². The molecule has 2 heterocycles. The lowest BCUT2D eigenvalue weighted by atomic mass is 9.96. The number of imidazole rings is 1. The number of unbranched alkanes of at least 4 members (excludes halogenated alkanes) is 2. The number of rotatable bonds is 8. The number of fused-ring (bicyclic) bond motifs is 1. The molecule has 0 saturated heterocycles. The highest BCUT2D eigenvalue weighted by Crippen LogP contribution is 2.24. The molecule has 30 heavy (non-hydrogen) atoms. The molecule has 0 fully saturated rings. The molecule has 4 rings (SSSR count). The normalized spacial score (nSPS) is 10.9. The topological polar surface area (TPSA) is 55.6 Å².